The number of alkyl carbamates (subject to hydrolysis) is 1. The van der Waals surface area contributed by atoms with Gasteiger partial charge in [-0.3, -0.25) is 14.2 Å². The second kappa shape index (κ2) is 18.8. The van der Waals surface area contributed by atoms with Gasteiger partial charge in [0.15, 0.2) is 5.13 Å². The number of anilines is 1. The van der Waals surface area contributed by atoms with Crippen LogP contribution >= 0.6 is 18.7 Å². The summed E-state index contributed by atoms with van der Waals surface area (Å²) in [7, 11) is -2.47. The molecule has 16 heteroatoms. The van der Waals surface area contributed by atoms with Gasteiger partial charge in [-0.15, -0.1) is 11.3 Å². The van der Waals surface area contributed by atoms with Crippen molar-refractivity contribution in [2.75, 3.05) is 19.0 Å². The van der Waals surface area contributed by atoms with Gasteiger partial charge in [-0.05, 0) is 82.9 Å². The summed E-state index contributed by atoms with van der Waals surface area (Å²) in [6.45, 7) is 4.11. The Labute approximate surface area is 366 Å². The predicted octanol–water partition coefficient (Wildman–Crippen LogP) is 8.40. The Bertz CT molecular complexity index is 2340. The Morgan fingerprint density at radius 2 is 1.81 bits per heavy atom. The number of amides is 3. The Morgan fingerprint density at radius 1 is 1.02 bits per heavy atom. The van der Waals surface area contributed by atoms with Gasteiger partial charge in [0.05, 0.1) is 31.0 Å². The van der Waals surface area contributed by atoms with Crippen molar-refractivity contribution in [3.8, 4) is 22.9 Å². The molecule has 330 valence electrons. The molecular formula is C46H57N6O8PS. The highest BCUT2D eigenvalue weighted by Gasteiger charge is 2.66. The zero-order chi connectivity index (χ0) is 43.4. The van der Waals surface area contributed by atoms with Gasteiger partial charge in [0, 0.05) is 41.3 Å². The molecule has 8 rings (SSSR count). The lowest BCUT2D eigenvalue weighted by Crippen LogP contribution is -2.55. The third-order valence-electron chi connectivity index (χ3n) is 12.4. The first-order chi connectivity index (χ1) is 29.9. The van der Waals surface area contributed by atoms with Crippen LogP contribution in [0.25, 0.3) is 22.3 Å². The lowest BCUT2D eigenvalue weighted by molar-refractivity contribution is -0.140. The molecule has 2 saturated carbocycles. The number of pyridine rings is 1. The molecule has 3 fully saturated rings. The summed E-state index contributed by atoms with van der Waals surface area (Å²) >= 11 is 1.47. The summed E-state index contributed by atoms with van der Waals surface area (Å²) in [5.41, 5.74) is 2.54. The largest absolute Gasteiger partial charge is 0.497 e. The van der Waals surface area contributed by atoms with Gasteiger partial charge in [-0.2, -0.15) is 0 Å². The van der Waals surface area contributed by atoms with Crippen molar-refractivity contribution >= 4 is 52.6 Å². The summed E-state index contributed by atoms with van der Waals surface area (Å²) in [6, 6.07) is 14.6. The SMILES string of the molecule is COc1ccc2c(O[C@@H]3C[C@H]4C(=O)N[C@]5(P(=O)(O)Cc6ccccc6)C[C@H]5C=CCCCCC[C@H](NC(=O)OC5CCCC5)C(=O)N4C3)cc(-c3csc(NC(C)C)n3)nc2c1. The number of allylic oxidation sites excluding steroid dienone is 1. The molecule has 4 aromatic rings. The Balaban J connectivity index is 1.13. The van der Waals surface area contributed by atoms with E-state index in [1.165, 1.54) is 16.2 Å². The van der Waals surface area contributed by atoms with Crippen molar-refractivity contribution in [2.24, 2.45) is 5.92 Å². The number of hydrogen-bond donors (Lipinski definition) is 4. The van der Waals surface area contributed by atoms with Crippen LogP contribution in [0.5, 0.6) is 11.5 Å². The number of aromatic nitrogens is 2. The number of hydrogen-bond acceptors (Lipinski definition) is 11. The van der Waals surface area contributed by atoms with Gasteiger partial charge >= 0.3 is 6.09 Å². The monoisotopic (exact) mass is 884 g/mol. The van der Waals surface area contributed by atoms with Crippen molar-refractivity contribution in [3.05, 3.63) is 77.7 Å². The maximum absolute atomic E-state index is 14.9. The molecule has 14 nitrogen and oxygen atoms in total. The molecule has 2 aromatic carbocycles. The van der Waals surface area contributed by atoms with Gasteiger partial charge in [-0.25, -0.2) is 14.8 Å². The molecule has 1 unspecified atom stereocenters. The molecule has 4 aliphatic rings. The van der Waals surface area contributed by atoms with Crippen molar-refractivity contribution in [2.45, 2.75) is 126 Å². The average Bonchev–Trinajstić information content (AvgIpc) is 3.66. The smallest absolute Gasteiger partial charge is 0.408 e. The average molecular weight is 885 g/mol. The van der Waals surface area contributed by atoms with Crippen LogP contribution in [0.4, 0.5) is 9.93 Å². The second-order valence-electron chi connectivity index (χ2n) is 17.4. The highest BCUT2D eigenvalue weighted by Crippen LogP contribution is 2.71. The van der Waals surface area contributed by atoms with Crippen LogP contribution < -0.4 is 25.4 Å². The topological polar surface area (TPSA) is 181 Å². The first kappa shape index (κ1) is 43.7. The van der Waals surface area contributed by atoms with Crippen molar-refractivity contribution in [1.82, 2.24) is 25.5 Å². The van der Waals surface area contributed by atoms with E-state index in [4.69, 9.17) is 24.2 Å². The van der Waals surface area contributed by atoms with Gasteiger partial charge < -0.3 is 40.0 Å². The summed E-state index contributed by atoms with van der Waals surface area (Å²) in [5, 5.41) is 11.3. The maximum Gasteiger partial charge on any atom is 0.408 e. The van der Waals surface area contributed by atoms with Gasteiger partial charge in [-0.1, -0.05) is 55.3 Å². The number of nitrogens with one attached hydrogen (secondary N) is 3. The van der Waals surface area contributed by atoms with E-state index < -0.39 is 48.7 Å². The standard InChI is InChI=1S/C46H57N6O8PS/c1-29(2)47-44-49-39(28-62-44)38-24-41(35-21-20-33(58-3)22-37(35)48-38)59-34-23-40-42(53)51-46(61(56,57)27-30-14-8-7-9-15-30)25-31(46)16-10-5-4-6-11-19-36(43(54)52(40)26-34)50-45(55)60-32-17-12-13-18-32/h7-10,14-16,20-22,24,28-29,31-32,34,36,40H,4-6,11-13,17-19,23,25-27H2,1-3H3,(H,47,49)(H,50,55)(H,51,53)(H,56,57)/t31-,34-,36+,40+,46+/m1/s1. The van der Waals surface area contributed by atoms with E-state index in [0.29, 0.717) is 58.6 Å². The van der Waals surface area contributed by atoms with Crippen LogP contribution in [-0.2, 0) is 25.1 Å². The second-order valence-corrected chi connectivity index (χ2v) is 20.7. The molecular weight excluding hydrogens is 828 g/mol. The Morgan fingerprint density at radius 3 is 2.58 bits per heavy atom. The molecule has 3 amide bonds. The lowest BCUT2D eigenvalue weighted by Gasteiger charge is -2.31. The van der Waals surface area contributed by atoms with Crippen molar-refractivity contribution in [1.29, 1.82) is 0 Å². The number of thiazole rings is 1. The van der Waals surface area contributed by atoms with E-state index in [-0.39, 0.29) is 37.2 Å². The van der Waals surface area contributed by atoms with E-state index >= 15 is 0 Å². The fourth-order valence-corrected chi connectivity index (χ4v) is 12.2. The van der Waals surface area contributed by atoms with Crippen LogP contribution in [0.15, 0.2) is 72.1 Å². The normalized spacial score (nSPS) is 25.5. The van der Waals surface area contributed by atoms with Crippen molar-refractivity contribution in [3.63, 3.8) is 0 Å². The molecule has 2 aliphatic carbocycles. The van der Waals surface area contributed by atoms with Crippen LogP contribution in [0.2, 0.25) is 0 Å². The van der Waals surface area contributed by atoms with E-state index in [0.717, 1.165) is 50.1 Å². The number of benzene rings is 2. The number of fused-ring (bicyclic) bond motifs is 3. The molecule has 2 aliphatic heterocycles. The number of ether oxygens (including phenoxy) is 3. The lowest BCUT2D eigenvalue weighted by atomic mass is 10.0. The van der Waals surface area contributed by atoms with E-state index in [1.807, 2.05) is 86.0 Å². The minimum atomic E-state index is -4.06. The van der Waals surface area contributed by atoms with E-state index in [9.17, 15) is 23.8 Å². The minimum Gasteiger partial charge on any atom is -0.497 e. The number of carbonyl (C=O) groups is 3. The molecule has 4 heterocycles. The summed E-state index contributed by atoms with van der Waals surface area (Å²) < 4.78 is 32.6. The fourth-order valence-electron chi connectivity index (χ4n) is 9.04. The number of rotatable bonds is 11. The fraction of sp³-hybridized carbons (Fsp3) is 0.500. The summed E-state index contributed by atoms with van der Waals surface area (Å²) in [5.74, 6) is -0.219. The summed E-state index contributed by atoms with van der Waals surface area (Å²) in [6.07, 6.45) is 9.70. The number of methoxy groups -OCH3 is 1. The van der Waals surface area contributed by atoms with Gasteiger partial charge in [0.25, 0.3) is 0 Å². The summed E-state index contributed by atoms with van der Waals surface area (Å²) in [4.78, 5) is 66.1. The Hall–Kier alpha value is -4.98. The van der Waals surface area contributed by atoms with Crippen LogP contribution in [0.1, 0.15) is 90.0 Å². The van der Waals surface area contributed by atoms with Crippen LogP contribution in [0, 0.1) is 5.92 Å². The molecule has 1 saturated heterocycles. The molecule has 4 N–H and O–H groups in total. The van der Waals surface area contributed by atoms with Gasteiger partial charge in [0.2, 0.25) is 19.2 Å². The van der Waals surface area contributed by atoms with Crippen molar-refractivity contribution < 1.29 is 38.1 Å². The van der Waals surface area contributed by atoms with Crippen LogP contribution in [-0.4, -0.2) is 86.9 Å². The minimum absolute atomic E-state index is 0.0262. The first-order valence-electron chi connectivity index (χ1n) is 21.9. The van der Waals surface area contributed by atoms with Crippen LogP contribution in [0.3, 0.4) is 0 Å². The molecule has 2 aromatic heterocycles. The predicted molar refractivity (Wildman–Crippen MR) is 240 cm³/mol. The third kappa shape index (κ3) is 9.80. The maximum atomic E-state index is 14.9. The third-order valence-corrected chi connectivity index (χ3v) is 15.8. The zero-order valence-corrected chi connectivity index (χ0v) is 37.3. The first-order valence-corrected chi connectivity index (χ1v) is 24.6. The number of nitrogens with zero attached hydrogens (tertiary/aromatic N) is 3. The van der Waals surface area contributed by atoms with E-state index in [1.54, 1.807) is 7.11 Å². The number of carbonyl (C=O) groups excluding carboxylic acids is 3. The molecule has 0 bridgehead atoms. The molecule has 0 radical (unpaired) electrons. The molecule has 0 spiro atoms. The molecule has 6 atom stereocenters. The van der Waals surface area contributed by atoms with Gasteiger partial charge in [0.1, 0.15) is 46.8 Å². The zero-order valence-electron chi connectivity index (χ0n) is 35.6. The molecule has 62 heavy (non-hydrogen) atoms. The highest BCUT2D eigenvalue weighted by atomic mass is 32.1. The van der Waals surface area contributed by atoms with E-state index in [2.05, 4.69) is 16.0 Å². The quantitative estimate of drug-likeness (QED) is 0.0839. The Kier molecular flexibility index (Phi) is 13.2. The highest BCUT2D eigenvalue weighted by molar-refractivity contribution is 7.59.